The number of nitrogens with two attached hydrogens (primary N) is 1. The highest BCUT2D eigenvalue weighted by molar-refractivity contribution is 7.08. The predicted octanol–water partition coefficient (Wildman–Crippen LogP) is 4.36. The third-order valence-electron chi connectivity index (χ3n) is 4.24. The molecule has 7 nitrogen and oxygen atoms in total. The molecule has 158 valence electrons. The summed E-state index contributed by atoms with van der Waals surface area (Å²) >= 11 is 1.01. The van der Waals surface area contributed by atoms with E-state index in [4.69, 9.17) is 10.5 Å². The van der Waals surface area contributed by atoms with E-state index in [1.807, 2.05) is 6.07 Å². The maximum atomic E-state index is 14.4. The molecular weight excluding hydrogens is 431 g/mol. The number of pyridine rings is 1. The first-order valence-electron chi connectivity index (χ1n) is 8.85. The molecule has 31 heavy (non-hydrogen) atoms. The fourth-order valence-electron chi connectivity index (χ4n) is 2.78. The summed E-state index contributed by atoms with van der Waals surface area (Å²) in [6.45, 7) is 0.238. The second-order valence-corrected chi connectivity index (χ2v) is 7.11. The number of ether oxygens (including phenoxy) is 1. The second-order valence-electron chi connectivity index (χ2n) is 6.34. The molecule has 0 radical (unpaired) electrons. The van der Waals surface area contributed by atoms with Crippen molar-refractivity contribution in [2.45, 2.75) is 6.61 Å². The average Bonchev–Trinajstić information content (AvgIpc) is 3.39. The van der Waals surface area contributed by atoms with E-state index in [1.165, 1.54) is 6.20 Å². The summed E-state index contributed by atoms with van der Waals surface area (Å²) in [5.74, 6) is -3.93. The van der Waals surface area contributed by atoms with Crippen LogP contribution >= 0.6 is 11.5 Å². The number of hydrogen-bond donors (Lipinski definition) is 3. The van der Waals surface area contributed by atoms with Gasteiger partial charge in [-0.3, -0.25) is 4.79 Å². The Balaban J connectivity index is 1.61. The number of halogens is 3. The van der Waals surface area contributed by atoms with Crippen LogP contribution in [0, 0.1) is 17.5 Å². The van der Waals surface area contributed by atoms with E-state index in [0.717, 1.165) is 41.4 Å². The minimum Gasteiger partial charge on any atom is -0.476 e. The third-order valence-corrected chi connectivity index (χ3v) is 4.95. The Morgan fingerprint density at radius 2 is 1.97 bits per heavy atom. The number of carbonyl (C=O) groups is 1. The number of carbonyl (C=O) groups excluding carboxylic acids is 1. The summed E-state index contributed by atoms with van der Waals surface area (Å²) < 4.78 is 52.2. The molecule has 0 aliphatic heterocycles. The molecule has 0 saturated heterocycles. The molecular formula is C20H14F3N5O2S. The molecule has 1 amide bonds. The molecule has 0 bridgehead atoms. The molecule has 4 aromatic rings. The number of benzene rings is 1. The van der Waals surface area contributed by atoms with Gasteiger partial charge in [0.2, 0.25) is 5.06 Å². The van der Waals surface area contributed by atoms with Gasteiger partial charge in [0.25, 0.3) is 5.91 Å². The van der Waals surface area contributed by atoms with Crippen molar-refractivity contribution in [1.82, 2.24) is 14.3 Å². The van der Waals surface area contributed by atoms with Gasteiger partial charge in [-0.2, -0.15) is 4.37 Å². The lowest BCUT2D eigenvalue weighted by Gasteiger charge is -2.11. The van der Waals surface area contributed by atoms with Crippen molar-refractivity contribution in [3.05, 3.63) is 77.6 Å². The summed E-state index contributed by atoms with van der Waals surface area (Å²) in [5.41, 5.74) is 4.81. The summed E-state index contributed by atoms with van der Waals surface area (Å²) in [6.07, 6.45) is 4.87. The lowest BCUT2D eigenvalue weighted by atomic mass is 10.1. The molecule has 3 heterocycles. The van der Waals surface area contributed by atoms with Crippen molar-refractivity contribution in [1.29, 1.82) is 0 Å². The van der Waals surface area contributed by atoms with E-state index in [2.05, 4.69) is 19.7 Å². The maximum Gasteiger partial charge on any atom is 0.276 e. The lowest BCUT2D eigenvalue weighted by Crippen LogP contribution is -2.17. The van der Waals surface area contributed by atoms with Gasteiger partial charge in [0.15, 0.2) is 11.5 Å². The van der Waals surface area contributed by atoms with Gasteiger partial charge in [0.1, 0.15) is 29.6 Å². The molecule has 0 fully saturated rings. The first-order chi connectivity index (χ1) is 14.9. The maximum absolute atomic E-state index is 14.4. The van der Waals surface area contributed by atoms with E-state index < -0.39 is 40.3 Å². The monoisotopic (exact) mass is 445 g/mol. The molecule has 0 saturated carbocycles. The molecule has 4 rings (SSSR count). The van der Waals surface area contributed by atoms with Gasteiger partial charge in [0.05, 0.1) is 17.4 Å². The number of nitrogens with one attached hydrogen (secondary N) is 2. The largest absolute Gasteiger partial charge is 0.476 e. The highest BCUT2D eigenvalue weighted by Crippen LogP contribution is 2.32. The van der Waals surface area contributed by atoms with E-state index in [9.17, 15) is 18.0 Å². The quantitative estimate of drug-likeness (QED) is 0.409. The normalized spacial score (nSPS) is 10.8. The number of amides is 1. The average molecular weight is 445 g/mol. The van der Waals surface area contributed by atoms with Crippen molar-refractivity contribution in [2.24, 2.45) is 0 Å². The number of aromatic nitrogens is 3. The predicted molar refractivity (Wildman–Crippen MR) is 109 cm³/mol. The van der Waals surface area contributed by atoms with E-state index in [0.29, 0.717) is 5.06 Å². The Hall–Kier alpha value is -3.86. The van der Waals surface area contributed by atoms with Gasteiger partial charge < -0.3 is 20.8 Å². The fourth-order valence-corrected chi connectivity index (χ4v) is 3.35. The van der Waals surface area contributed by atoms with Crippen LogP contribution in [0.15, 0.2) is 48.9 Å². The van der Waals surface area contributed by atoms with E-state index >= 15 is 0 Å². The van der Waals surface area contributed by atoms with Crippen LogP contribution in [-0.4, -0.2) is 20.2 Å². The van der Waals surface area contributed by atoms with Crippen molar-refractivity contribution in [2.75, 3.05) is 11.1 Å². The lowest BCUT2D eigenvalue weighted by molar-refractivity contribution is 0.102. The zero-order valence-corrected chi connectivity index (χ0v) is 16.5. The highest BCUT2D eigenvalue weighted by Gasteiger charge is 2.23. The highest BCUT2D eigenvalue weighted by atomic mass is 32.1. The minimum absolute atomic E-state index is 0.238. The van der Waals surface area contributed by atoms with Gasteiger partial charge in [-0.1, -0.05) is 6.07 Å². The number of H-pyrrole nitrogens is 1. The Labute approximate surface area is 177 Å². The molecule has 4 N–H and O–H groups in total. The SMILES string of the molecule is Nc1cc(F)c(-c2c(F)cccc2F)nc1C(=O)Nc1cnsc1OCc1cc[nH]c1. The summed E-state index contributed by atoms with van der Waals surface area (Å²) in [5, 5.41) is 2.86. The third kappa shape index (κ3) is 4.21. The van der Waals surface area contributed by atoms with Crippen molar-refractivity contribution in [3.8, 4) is 16.3 Å². The van der Waals surface area contributed by atoms with Crippen LogP contribution < -0.4 is 15.8 Å². The number of anilines is 2. The van der Waals surface area contributed by atoms with Crippen LogP contribution in [-0.2, 0) is 6.61 Å². The van der Waals surface area contributed by atoms with Crippen molar-refractivity contribution in [3.63, 3.8) is 0 Å². The van der Waals surface area contributed by atoms with Crippen LogP contribution in [0.1, 0.15) is 16.1 Å². The minimum atomic E-state index is -1.06. The van der Waals surface area contributed by atoms with Gasteiger partial charge in [-0.05, 0) is 18.2 Å². The first-order valence-corrected chi connectivity index (χ1v) is 9.62. The second kappa shape index (κ2) is 8.48. The molecule has 11 heteroatoms. The Kier molecular flexibility index (Phi) is 5.58. The Morgan fingerprint density at radius 1 is 1.19 bits per heavy atom. The zero-order chi connectivity index (χ0) is 22.0. The van der Waals surface area contributed by atoms with Crippen LogP contribution in [0.4, 0.5) is 24.5 Å². The van der Waals surface area contributed by atoms with Gasteiger partial charge in [0, 0.05) is 35.6 Å². The van der Waals surface area contributed by atoms with Crippen molar-refractivity contribution < 1.29 is 22.7 Å². The summed E-state index contributed by atoms with van der Waals surface area (Å²) in [7, 11) is 0. The molecule has 0 aliphatic carbocycles. The van der Waals surface area contributed by atoms with E-state index in [1.54, 1.807) is 12.4 Å². The molecule has 0 unspecified atom stereocenters. The van der Waals surface area contributed by atoms with Crippen LogP contribution in [0.25, 0.3) is 11.3 Å². The zero-order valence-electron chi connectivity index (χ0n) is 15.7. The van der Waals surface area contributed by atoms with E-state index in [-0.39, 0.29) is 18.0 Å². The standard InChI is InChI=1S/C20H14F3N5O2S/c21-11-2-1-3-12(22)16(11)17-13(23)6-14(24)18(28-17)19(29)27-15-8-26-31-20(15)30-9-10-4-5-25-7-10/h1-8,25H,9,24H2,(H,27,29). The number of rotatable bonds is 6. The van der Waals surface area contributed by atoms with Gasteiger partial charge in [-0.15, -0.1) is 0 Å². The number of hydrogen-bond acceptors (Lipinski definition) is 6. The molecule has 1 aromatic carbocycles. The van der Waals surface area contributed by atoms with Crippen LogP contribution in [0.5, 0.6) is 5.06 Å². The fraction of sp³-hybridized carbons (Fsp3) is 0.0500. The molecule has 3 aromatic heterocycles. The molecule has 0 atom stereocenters. The van der Waals surface area contributed by atoms with Crippen molar-refractivity contribution >= 4 is 28.8 Å². The first kappa shape index (κ1) is 20.4. The Morgan fingerprint density at radius 3 is 2.68 bits per heavy atom. The number of aromatic amines is 1. The van der Waals surface area contributed by atoms with Gasteiger partial charge >= 0.3 is 0 Å². The topological polar surface area (TPSA) is 106 Å². The number of nitrogen functional groups attached to an aromatic ring is 1. The van der Waals surface area contributed by atoms with Crippen LogP contribution in [0.3, 0.4) is 0 Å². The molecule has 0 aliphatic rings. The smallest absolute Gasteiger partial charge is 0.276 e. The number of nitrogens with zero attached hydrogens (tertiary/aromatic N) is 2. The van der Waals surface area contributed by atoms with Crippen LogP contribution in [0.2, 0.25) is 0 Å². The Bertz CT molecular complexity index is 1220. The molecule has 0 spiro atoms. The summed E-state index contributed by atoms with van der Waals surface area (Å²) in [4.78, 5) is 19.4. The van der Waals surface area contributed by atoms with Gasteiger partial charge in [-0.25, -0.2) is 18.2 Å². The summed E-state index contributed by atoms with van der Waals surface area (Å²) in [6, 6.07) is 5.67.